The van der Waals surface area contributed by atoms with Crippen molar-refractivity contribution in [2.24, 2.45) is 0 Å². The van der Waals surface area contributed by atoms with Crippen molar-refractivity contribution in [2.75, 3.05) is 31.6 Å². The highest BCUT2D eigenvalue weighted by molar-refractivity contribution is 5.99. The van der Waals surface area contributed by atoms with Crippen LogP contribution in [0, 0.1) is 5.82 Å². The first-order valence-electron chi connectivity index (χ1n) is 6.58. The Balaban J connectivity index is 2.40. The van der Waals surface area contributed by atoms with E-state index >= 15 is 0 Å². The highest BCUT2D eigenvalue weighted by Gasteiger charge is 2.33. The van der Waals surface area contributed by atoms with Crippen LogP contribution in [0.5, 0.6) is 0 Å². The van der Waals surface area contributed by atoms with Gasteiger partial charge in [0.05, 0.1) is 5.69 Å². The quantitative estimate of drug-likeness (QED) is 0.767. The van der Waals surface area contributed by atoms with Gasteiger partial charge in [0.2, 0.25) is 0 Å². The number of ketones is 1. The molecule has 4 heteroatoms. The second-order valence-corrected chi connectivity index (χ2v) is 5.85. The highest BCUT2D eigenvalue weighted by atomic mass is 19.1. The van der Waals surface area contributed by atoms with Crippen LogP contribution in [0.25, 0.3) is 0 Å². The molecule has 1 aromatic carbocycles. The Hall–Kier alpha value is -1.42. The molecule has 0 spiro atoms. The molecule has 2 rings (SSSR count). The third kappa shape index (κ3) is 2.63. The zero-order valence-corrected chi connectivity index (χ0v) is 12.0. The Labute approximate surface area is 114 Å². The summed E-state index contributed by atoms with van der Waals surface area (Å²) >= 11 is 0. The minimum atomic E-state index is -0.312. The summed E-state index contributed by atoms with van der Waals surface area (Å²) in [6, 6.07) is 4.72. The number of likely N-dealkylation sites (N-methyl/N-ethyl adjacent to an activating group) is 1. The summed E-state index contributed by atoms with van der Waals surface area (Å²) in [6.45, 7) is 8.06. The van der Waals surface area contributed by atoms with E-state index in [9.17, 15) is 9.18 Å². The van der Waals surface area contributed by atoms with Gasteiger partial charge in [-0.15, -0.1) is 0 Å². The van der Waals surface area contributed by atoms with Gasteiger partial charge in [0.1, 0.15) is 5.82 Å². The molecule has 1 heterocycles. The SMILES string of the molecule is CC(=O)c1cccc(F)c1N1CCN(C)C(C)(C)C1. The summed E-state index contributed by atoms with van der Waals surface area (Å²) in [4.78, 5) is 15.9. The molecular formula is C15H21FN2O. The topological polar surface area (TPSA) is 23.6 Å². The molecule has 1 fully saturated rings. The molecule has 1 aromatic rings. The van der Waals surface area contributed by atoms with E-state index in [4.69, 9.17) is 0 Å². The van der Waals surface area contributed by atoms with E-state index in [2.05, 4.69) is 25.8 Å². The average Bonchev–Trinajstić information content (AvgIpc) is 2.32. The van der Waals surface area contributed by atoms with Gasteiger partial charge in [0, 0.05) is 30.7 Å². The summed E-state index contributed by atoms with van der Waals surface area (Å²) in [7, 11) is 2.07. The number of anilines is 1. The van der Waals surface area contributed by atoms with Crippen molar-refractivity contribution in [1.82, 2.24) is 4.90 Å². The summed E-state index contributed by atoms with van der Waals surface area (Å²) < 4.78 is 14.1. The smallest absolute Gasteiger partial charge is 0.161 e. The molecule has 1 aliphatic heterocycles. The number of benzene rings is 1. The molecule has 0 radical (unpaired) electrons. The van der Waals surface area contributed by atoms with E-state index in [0.29, 0.717) is 17.8 Å². The predicted octanol–water partition coefficient (Wildman–Crippen LogP) is 2.56. The monoisotopic (exact) mass is 264 g/mol. The van der Waals surface area contributed by atoms with Crippen molar-refractivity contribution < 1.29 is 9.18 Å². The number of rotatable bonds is 2. The summed E-state index contributed by atoms with van der Waals surface area (Å²) in [5.74, 6) is -0.403. The third-order valence-corrected chi connectivity index (χ3v) is 4.00. The van der Waals surface area contributed by atoms with Crippen LogP contribution in [0.4, 0.5) is 10.1 Å². The highest BCUT2D eigenvalue weighted by Crippen LogP contribution is 2.29. The molecule has 0 aromatic heterocycles. The number of para-hydroxylation sites is 1. The van der Waals surface area contributed by atoms with E-state index in [-0.39, 0.29) is 17.1 Å². The largest absolute Gasteiger partial charge is 0.365 e. The minimum Gasteiger partial charge on any atom is -0.365 e. The Morgan fingerprint density at radius 1 is 1.32 bits per heavy atom. The predicted molar refractivity (Wildman–Crippen MR) is 75.3 cm³/mol. The Kier molecular flexibility index (Phi) is 3.63. The first-order chi connectivity index (χ1) is 8.83. The summed E-state index contributed by atoms with van der Waals surface area (Å²) in [5.41, 5.74) is 0.894. The standard InChI is InChI=1S/C15H21FN2O/c1-11(19)12-6-5-7-13(16)14(12)18-9-8-17(4)15(2,3)10-18/h5-7H,8-10H2,1-4H3. The lowest BCUT2D eigenvalue weighted by Crippen LogP contribution is -2.58. The number of Topliss-reactive ketones (excluding diaryl/α,β-unsaturated/α-hetero) is 1. The molecule has 1 aliphatic rings. The zero-order valence-electron chi connectivity index (χ0n) is 12.0. The Morgan fingerprint density at radius 3 is 2.58 bits per heavy atom. The molecular weight excluding hydrogens is 243 g/mol. The van der Waals surface area contributed by atoms with Crippen molar-refractivity contribution in [3.05, 3.63) is 29.6 Å². The molecule has 0 saturated carbocycles. The number of piperazine rings is 1. The molecule has 3 nitrogen and oxygen atoms in total. The van der Waals surface area contributed by atoms with Crippen molar-refractivity contribution in [3.63, 3.8) is 0 Å². The molecule has 0 bridgehead atoms. The van der Waals surface area contributed by atoms with Gasteiger partial charge in [-0.05, 0) is 40.0 Å². The molecule has 1 saturated heterocycles. The number of nitrogens with zero attached hydrogens (tertiary/aromatic N) is 2. The van der Waals surface area contributed by atoms with Crippen LogP contribution >= 0.6 is 0 Å². The summed E-state index contributed by atoms with van der Waals surface area (Å²) in [5, 5.41) is 0. The van der Waals surface area contributed by atoms with E-state index in [0.717, 1.165) is 13.1 Å². The van der Waals surface area contributed by atoms with Gasteiger partial charge in [-0.1, -0.05) is 6.07 Å². The lowest BCUT2D eigenvalue weighted by Gasteiger charge is -2.46. The van der Waals surface area contributed by atoms with Crippen LogP contribution in [0.2, 0.25) is 0 Å². The molecule has 0 N–H and O–H groups in total. The van der Waals surface area contributed by atoms with Crippen molar-refractivity contribution >= 4 is 11.5 Å². The summed E-state index contributed by atoms with van der Waals surface area (Å²) in [6.07, 6.45) is 0. The van der Waals surface area contributed by atoms with Crippen LogP contribution in [-0.4, -0.2) is 42.9 Å². The third-order valence-electron chi connectivity index (χ3n) is 4.00. The van der Waals surface area contributed by atoms with Crippen molar-refractivity contribution in [3.8, 4) is 0 Å². The van der Waals surface area contributed by atoms with Crippen LogP contribution in [0.1, 0.15) is 31.1 Å². The number of halogens is 1. The Bertz CT molecular complexity index is 499. The number of carbonyl (C=O) groups is 1. The fourth-order valence-electron chi connectivity index (χ4n) is 2.55. The van der Waals surface area contributed by atoms with Crippen LogP contribution in [0.15, 0.2) is 18.2 Å². The second-order valence-electron chi connectivity index (χ2n) is 5.85. The van der Waals surface area contributed by atoms with Crippen LogP contribution < -0.4 is 4.90 Å². The maximum absolute atomic E-state index is 14.1. The van der Waals surface area contributed by atoms with Gasteiger partial charge in [-0.3, -0.25) is 9.69 Å². The number of hydrogen-bond acceptors (Lipinski definition) is 3. The van der Waals surface area contributed by atoms with E-state index in [1.165, 1.54) is 13.0 Å². The van der Waals surface area contributed by atoms with E-state index < -0.39 is 0 Å². The van der Waals surface area contributed by atoms with Crippen LogP contribution in [-0.2, 0) is 0 Å². The van der Waals surface area contributed by atoms with Gasteiger partial charge in [-0.25, -0.2) is 4.39 Å². The Morgan fingerprint density at radius 2 is 2.00 bits per heavy atom. The average molecular weight is 264 g/mol. The zero-order chi connectivity index (χ0) is 14.2. The lowest BCUT2D eigenvalue weighted by molar-refractivity contribution is 0.101. The first kappa shape index (κ1) is 14.0. The molecule has 104 valence electrons. The molecule has 0 atom stereocenters. The molecule has 0 aliphatic carbocycles. The fourth-order valence-corrected chi connectivity index (χ4v) is 2.55. The number of hydrogen-bond donors (Lipinski definition) is 0. The van der Waals surface area contributed by atoms with E-state index in [1.54, 1.807) is 12.1 Å². The lowest BCUT2D eigenvalue weighted by atomic mass is 9.98. The second kappa shape index (κ2) is 4.93. The van der Waals surface area contributed by atoms with Crippen molar-refractivity contribution in [2.45, 2.75) is 26.3 Å². The first-order valence-corrected chi connectivity index (χ1v) is 6.58. The number of carbonyl (C=O) groups excluding carboxylic acids is 1. The normalized spacial score (nSPS) is 19.5. The molecule has 0 amide bonds. The maximum Gasteiger partial charge on any atom is 0.161 e. The van der Waals surface area contributed by atoms with Gasteiger partial charge in [0.25, 0.3) is 0 Å². The van der Waals surface area contributed by atoms with Gasteiger partial charge in [0.15, 0.2) is 5.78 Å². The van der Waals surface area contributed by atoms with Gasteiger partial charge >= 0.3 is 0 Å². The molecule has 19 heavy (non-hydrogen) atoms. The minimum absolute atomic E-state index is 0.0331. The maximum atomic E-state index is 14.1. The van der Waals surface area contributed by atoms with E-state index in [1.807, 2.05) is 4.90 Å². The van der Waals surface area contributed by atoms with Crippen molar-refractivity contribution in [1.29, 1.82) is 0 Å². The van der Waals surface area contributed by atoms with Gasteiger partial charge in [-0.2, -0.15) is 0 Å². The van der Waals surface area contributed by atoms with Crippen LogP contribution in [0.3, 0.4) is 0 Å². The van der Waals surface area contributed by atoms with Gasteiger partial charge < -0.3 is 4.90 Å². The molecule has 0 unspecified atom stereocenters. The fraction of sp³-hybridized carbons (Fsp3) is 0.533.